The number of para-hydroxylation sites is 2. The summed E-state index contributed by atoms with van der Waals surface area (Å²) in [4.78, 5) is 42.3. The average Bonchev–Trinajstić information content (AvgIpc) is 3.41. The first kappa shape index (κ1) is 18.7. The molecule has 1 aliphatic rings. The predicted molar refractivity (Wildman–Crippen MR) is 103 cm³/mol. The van der Waals surface area contributed by atoms with Gasteiger partial charge < -0.3 is 19.6 Å². The Hall–Kier alpha value is -3.62. The summed E-state index contributed by atoms with van der Waals surface area (Å²) in [5, 5.41) is 5.44. The van der Waals surface area contributed by atoms with Gasteiger partial charge in [0.05, 0.1) is 30.4 Å². The first-order chi connectivity index (χ1) is 14.0. The first-order valence-electron chi connectivity index (χ1n) is 9.34. The fourth-order valence-corrected chi connectivity index (χ4v) is 3.38. The number of benzene rings is 1. The van der Waals surface area contributed by atoms with Crippen LogP contribution in [-0.4, -0.2) is 38.3 Å². The van der Waals surface area contributed by atoms with Gasteiger partial charge in [0, 0.05) is 13.5 Å². The van der Waals surface area contributed by atoms with Crippen LogP contribution in [0.2, 0.25) is 0 Å². The topological polar surface area (TPSA) is 109 Å². The van der Waals surface area contributed by atoms with Gasteiger partial charge >= 0.3 is 6.03 Å². The second-order valence-electron chi connectivity index (χ2n) is 6.90. The highest BCUT2D eigenvalue weighted by Crippen LogP contribution is 2.16. The molecule has 1 atom stereocenters. The van der Waals surface area contributed by atoms with Crippen LogP contribution in [0.3, 0.4) is 0 Å². The molecule has 29 heavy (non-hydrogen) atoms. The number of carbonyl (C=O) groups excluding carboxylic acids is 3. The van der Waals surface area contributed by atoms with Crippen molar-refractivity contribution in [3.05, 3.63) is 54.2 Å². The number of fused-ring (bicyclic) bond motifs is 1. The number of aromatic nitrogens is 2. The molecule has 3 heterocycles. The Kier molecular flexibility index (Phi) is 5.03. The van der Waals surface area contributed by atoms with Gasteiger partial charge in [-0.25, -0.2) is 9.78 Å². The quantitative estimate of drug-likeness (QED) is 0.592. The summed E-state index contributed by atoms with van der Waals surface area (Å²) in [6.07, 6.45) is 1.84. The summed E-state index contributed by atoms with van der Waals surface area (Å²) in [6.45, 7) is 0.368. The molecule has 2 aromatic heterocycles. The zero-order chi connectivity index (χ0) is 20.4. The number of carbonyl (C=O) groups is 3. The van der Waals surface area contributed by atoms with E-state index in [2.05, 4.69) is 15.6 Å². The van der Waals surface area contributed by atoms with Crippen molar-refractivity contribution in [1.82, 2.24) is 25.1 Å². The Morgan fingerprint density at radius 3 is 2.83 bits per heavy atom. The number of hydrogen-bond donors (Lipinski definition) is 2. The fraction of sp³-hybridized carbons (Fsp3) is 0.300. The maximum atomic E-state index is 12.4. The van der Waals surface area contributed by atoms with E-state index in [1.54, 1.807) is 12.1 Å². The molecule has 9 nitrogen and oxygen atoms in total. The number of nitrogens with zero attached hydrogens (tertiary/aromatic N) is 3. The summed E-state index contributed by atoms with van der Waals surface area (Å²) in [5.41, 5.74) is 1.86. The molecule has 4 amide bonds. The van der Waals surface area contributed by atoms with E-state index in [1.807, 2.05) is 35.9 Å². The van der Waals surface area contributed by atoms with E-state index in [9.17, 15) is 14.4 Å². The van der Waals surface area contributed by atoms with E-state index in [1.165, 1.54) is 6.26 Å². The maximum Gasteiger partial charge on any atom is 0.325 e. The van der Waals surface area contributed by atoms with Crippen LogP contribution in [0.15, 0.2) is 47.1 Å². The molecule has 0 unspecified atom stereocenters. The van der Waals surface area contributed by atoms with E-state index in [0.29, 0.717) is 12.3 Å². The number of nitrogens with one attached hydrogen (secondary N) is 2. The smallest absolute Gasteiger partial charge is 0.325 e. The van der Waals surface area contributed by atoms with Gasteiger partial charge in [0.1, 0.15) is 17.6 Å². The highest BCUT2D eigenvalue weighted by molar-refractivity contribution is 6.04. The molecule has 2 N–H and O–H groups in total. The van der Waals surface area contributed by atoms with Crippen LogP contribution in [0.25, 0.3) is 11.0 Å². The van der Waals surface area contributed by atoms with Crippen molar-refractivity contribution in [1.29, 1.82) is 0 Å². The number of aryl methyl sites for hydroxylation is 1. The Labute approximate surface area is 166 Å². The third kappa shape index (κ3) is 3.84. The van der Waals surface area contributed by atoms with E-state index in [0.717, 1.165) is 21.8 Å². The lowest BCUT2D eigenvalue weighted by molar-refractivity contribution is -0.128. The molecule has 0 aliphatic carbocycles. The van der Waals surface area contributed by atoms with Crippen LogP contribution in [0.4, 0.5) is 4.79 Å². The van der Waals surface area contributed by atoms with Crippen molar-refractivity contribution in [2.24, 2.45) is 7.05 Å². The van der Waals surface area contributed by atoms with Crippen LogP contribution in [-0.2, 0) is 29.7 Å². The number of rotatable bonds is 7. The van der Waals surface area contributed by atoms with Crippen molar-refractivity contribution >= 4 is 28.9 Å². The number of hydrogen-bond acceptors (Lipinski definition) is 5. The second-order valence-corrected chi connectivity index (χ2v) is 6.90. The fourth-order valence-electron chi connectivity index (χ4n) is 3.38. The third-order valence-electron chi connectivity index (χ3n) is 4.98. The van der Waals surface area contributed by atoms with Crippen LogP contribution >= 0.6 is 0 Å². The van der Waals surface area contributed by atoms with E-state index >= 15 is 0 Å². The molecule has 1 aliphatic heterocycles. The molecule has 0 bridgehead atoms. The van der Waals surface area contributed by atoms with Crippen LogP contribution in [0.5, 0.6) is 0 Å². The first-order valence-corrected chi connectivity index (χ1v) is 9.34. The number of furan rings is 1. The zero-order valence-corrected chi connectivity index (χ0v) is 15.9. The Morgan fingerprint density at radius 1 is 1.24 bits per heavy atom. The average molecular weight is 395 g/mol. The maximum absolute atomic E-state index is 12.4. The molecular formula is C20H21N5O4. The lowest BCUT2D eigenvalue weighted by Crippen LogP contribution is -2.32. The summed E-state index contributed by atoms with van der Waals surface area (Å²) in [6, 6.07) is 9.95. The third-order valence-corrected chi connectivity index (χ3v) is 4.98. The number of urea groups is 1. The minimum Gasteiger partial charge on any atom is -0.467 e. The lowest BCUT2D eigenvalue weighted by Gasteiger charge is -2.11. The molecule has 1 aromatic carbocycles. The molecule has 4 rings (SSSR count). The van der Waals surface area contributed by atoms with E-state index in [-0.39, 0.29) is 31.2 Å². The van der Waals surface area contributed by atoms with Gasteiger partial charge in [-0.3, -0.25) is 14.5 Å². The number of imide groups is 1. The van der Waals surface area contributed by atoms with E-state index < -0.39 is 12.1 Å². The molecule has 3 aromatic rings. The van der Waals surface area contributed by atoms with E-state index in [4.69, 9.17) is 4.42 Å². The van der Waals surface area contributed by atoms with Crippen molar-refractivity contribution in [3.8, 4) is 0 Å². The van der Waals surface area contributed by atoms with Crippen molar-refractivity contribution in [2.45, 2.75) is 32.0 Å². The Morgan fingerprint density at radius 2 is 2.07 bits per heavy atom. The normalized spacial score (nSPS) is 16.4. The van der Waals surface area contributed by atoms with Crippen LogP contribution in [0.1, 0.15) is 24.4 Å². The van der Waals surface area contributed by atoms with Gasteiger partial charge in [-0.05, 0) is 30.7 Å². The summed E-state index contributed by atoms with van der Waals surface area (Å²) >= 11 is 0. The van der Waals surface area contributed by atoms with Crippen molar-refractivity contribution < 1.29 is 18.8 Å². The van der Waals surface area contributed by atoms with Crippen molar-refractivity contribution in [3.63, 3.8) is 0 Å². The SMILES string of the molecule is Cn1c(CNC(=O)CC[C@@H]2NC(=O)N(Cc3ccco3)C2=O)nc2ccccc21. The Balaban J connectivity index is 1.28. The second kappa shape index (κ2) is 7.78. The minimum atomic E-state index is -0.709. The van der Waals surface area contributed by atoms with Crippen LogP contribution in [0, 0.1) is 0 Å². The molecule has 0 spiro atoms. The molecule has 1 saturated heterocycles. The molecule has 150 valence electrons. The predicted octanol–water partition coefficient (Wildman–Crippen LogP) is 1.68. The Bertz CT molecular complexity index is 1060. The number of amides is 4. The van der Waals surface area contributed by atoms with Gasteiger partial charge in [0.2, 0.25) is 5.91 Å². The van der Waals surface area contributed by atoms with Crippen LogP contribution < -0.4 is 10.6 Å². The van der Waals surface area contributed by atoms with Gasteiger partial charge in [-0.1, -0.05) is 12.1 Å². The summed E-state index contributed by atoms with van der Waals surface area (Å²) in [5.74, 6) is 0.710. The highest BCUT2D eigenvalue weighted by Gasteiger charge is 2.38. The van der Waals surface area contributed by atoms with Gasteiger partial charge in [-0.15, -0.1) is 0 Å². The van der Waals surface area contributed by atoms with Gasteiger partial charge in [0.25, 0.3) is 5.91 Å². The summed E-state index contributed by atoms with van der Waals surface area (Å²) in [7, 11) is 1.90. The zero-order valence-electron chi connectivity index (χ0n) is 15.9. The minimum absolute atomic E-state index is 0.0765. The summed E-state index contributed by atoms with van der Waals surface area (Å²) < 4.78 is 7.12. The monoisotopic (exact) mass is 395 g/mol. The molecule has 9 heteroatoms. The number of imidazole rings is 1. The van der Waals surface area contributed by atoms with Gasteiger partial charge in [0.15, 0.2) is 0 Å². The largest absolute Gasteiger partial charge is 0.467 e. The lowest BCUT2D eigenvalue weighted by atomic mass is 10.1. The highest BCUT2D eigenvalue weighted by atomic mass is 16.3. The standard InChI is InChI=1S/C20H21N5O4/c1-24-16-7-3-2-6-14(16)22-17(24)11-21-18(26)9-8-15-19(27)25(20(28)23-15)12-13-5-4-10-29-13/h2-7,10,15H,8-9,11-12H2,1H3,(H,21,26)(H,23,28)/t15-/m0/s1. The molecule has 1 fully saturated rings. The van der Waals surface area contributed by atoms with Gasteiger partial charge in [-0.2, -0.15) is 0 Å². The molecule has 0 radical (unpaired) electrons. The van der Waals surface area contributed by atoms with Crippen molar-refractivity contribution in [2.75, 3.05) is 0 Å². The molecular weight excluding hydrogens is 374 g/mol. The molecule has 0 saturated carbocycles.